The monoisotopic (exact) mass is 247 g/mol. The lowest BCUT2D eigenvalue weighted by atomic mass is 9.97. The number of hydrogen-bond acceptors (Lipinski definition) is 3. The Kier molecular flexibility index (Phi) is 4.37. The molecule has 0 aromatic heterocycles. The molecule has 0 aliphatic carbocycles. The third-order valence-corrected chi connectivity index (χ3v) is 3.28. The Balaban J connectivity index is 2.15. The predicted octanol–water partition coefficient (Wildman–Crippen LogP) is 2.58. The highest BCUT2D eigenvalue weighted by atomic mass is 16.5. The number of benzene rings is 1. The van der Waals surface area contributed by atoms with Crippen molar-refractivity contribution in [2.75, 3.05) is 13.2 Å². The molecule has 1 N–H and O–H groups in total. The number of rotatable bonds is 5. The van der Waals surface area contributed by atoms with Crippen LogP contribution in [0.2, 0.25) is 0 Å². The Hall–Kier alpha value is -1.35. The van der Waals surface area contributed by atoms with Crippen LogP contribution in [0, 0.1) is 0 Å². The van der Waals surface area contributed by atoms with Crippen molar-refractivity contribution >= 4 is 5.78 Å². The summed E-state index contributed by atoms with van der Waals surface area (Å²) < 4.78 is 5.68. The molecule has 1 atom stereocenters. The second-order valence-corrected chi connectivity index (χ2v) is 4.83. The first kappa shape index (κ1) is 13.1. The van der Waals surface area contributed by atoms with Crippen LogP contribution in [0.4, 0.5) is 0 Å². The minimum Gasteiger partial charge on any atom is -0.493 e. The van der Waals surface area contributed by atoms with Gasteiger partial charge in [-0.05, 0) is 37.9 Å². The number of ketones is 1. The van der Waals surface area contributed by atoms with Crippen molar-refractivity contribution in [3.8, 4) is 5.75 Å². The molecule has 0 radical (unpaired) electrons. The van der Waals surface area contributed by atoms with Crippen LogP contribution in [0.3, 0.4) is 0 Å². The third-order valence-electron chi connectivity index (χ3n) is 3.28. The number of ether oxygens (including phenoxy) is 1. The van der Waals surface area contributed by atoms with Crippen LogP contribution < -0.4 is 10.1 Å². The normalized spacial score (nSPS) is 15.7. The van der Waals surface area contributed by atoms with Crippen LogP contribution in [-0.2, 0) is 6.42 Å². The molecule has 3 nitrogen and oxygen atoms in total. The predicted molar refractivity (Wildman–Crippen MR) is 72.3 cm³/mol. The molecule has 2 rings (SSSR count). The van der Waals surface area contributed by atoms with Crippen molar-refractivity contribution in [1.29, 1.82) is 0 Å². The molecule has 1 unspecified atom stereocenters. The highest BCUT2D eigenvalue weighted by Crippen LogP contribution is 2.29. The lowest BCUT2D eigenvalue weighted by Gasteiger charge is -2.20. The van der Waals surface area contributed by atoms with Gasteiger partial charge >= 0.3 is 0 Å². The Morgan fingerprint density at radius 3 is 3.11 bits per heavy atom. The zero-order valence-electron chi connectivity index (χ0n) is 11.2. The molecule has 1 aromatic carbocycles. The molecular weight excluding hydrogens is 226 g/mol. The highest BCUT2D eigenvalue weighted by Gasteiger charge is 2.20. The van der Waals surface area contributed by atoms with Gasteiger partial charge in [0, 0.05) is 12.5 Å². The minimum atomic E-state index is 0.169. The topological polar surface area (TPSA) is 38.3 Å². The van der Waals surface area contributed by atoms with E-state index in [9.17, 15) is 4.79 Å². The van der Waals surface area contributed by atoms with E-state index in [1.54, 1.807) is 0 Å². The van der Waals surface area contributed by atoms with Gasteiger partial charge in [-0.3, -0.25) is 4.79 Å². The van der Waals surface area contributed by atoms with Gasteiger partial charge in [0.05, 0.1) is 12.2 Å². The first-order valence-corrected chi connectivity index (χ1v) is 6.73. The first-order valence-electron chi connectivity index (χ1n) is 6.73. The minimum absolute atomic E-state index is 0.169. The summed E-state index contributed by atoms with van der Waals surface area (Å²) in [5, 5.41) is 3.26. The Morgan fingerprint density at radius 2 is 2.33 bits per heavy atom. The number of para-hydroxylation sites is 1. The van der Waals surface area contributed by atoms with Crippen LogP contribution >= 0.6 is 0 Å². The fourth-order valence-corrected chi connectivity index (χ4v) is 2.42. The second kappa shape index (κ2) is 6.01. The molecule has 98 valence electrons. The molecular formula is C15H21NO2. The number of fused-ring (bicyclic) bond motifs is 1. The molecule has 1 heterocycles. The van der Waals surface area contributed by atoms with E-state index in [1.165, 1.54) is 5.56 Å². The van der Waals surface area contributed by atoms with E-state index in [1.807, 2.05) is 19.1 Å². The van der Waals surface area contributed by atoms with Gasteiger partial charge in [0.15, 0.2) is 5.78 Å². The average molecular weight is 247 g/mol. The molecule has 0 saturated carbocycles. The van der Waals surface area contributed by atoms with Crippen molar-refractivity contribution in [3.63, 3.8) is 0 Å². The largest absolute Gasteiger partial charge is 0.493 e. The van der Waals surface area contributed by atoms with Crippen LogP contribution in [0.5, 0.6) is 5.75 Å². The molecule has 3 heteroatoms. The van der Waals surface area contributed by atoms with E-state index in [4.69, 9.17) is 4.74 Å². The highest BCUT2D eigenvalue weighted by molar-refractivity contribution is 5.99. The van der Waals surface area contributed by atoms with Gasteiger partial charge in [-0.25, -0.2) is 0 Å². The maximum absolute atomic E-state index is 12.3. The van der Waals surface area contributed by atoms with Gasteiger partial charge in [-0.15, -0.1) is 0 Å². The van der Waals surface area contributed by atoms with E-state index >= 15 is 0 Å². The zero-order chi connectivity index (χ0) is 13.0. The van der Waals surface area contributed by atoms with Gasteiger partial charge in [-0.2, -0.15) is 0 Å². The summed E-state index contributed by atoms with van der Waals surface area (Å²) in [5.41, 5.74) is 1.92. The number of aryl methyl sites for hydroxylation is 1. The van der Waals surface area contributed by atoms with Crippen LogP contribution in [-0.4, -0.2) is 25.0 Å². The Labute approximate surface area is 109 Å². The van der Waals surface area contributed by atoms with E-state index < -0.39 is 0 Å². The Bertz CT molecular complexity index is 429. The Morgan fingerprint density at radius 1 is 1.50 bits per heavy atom. The average Bonchev–Trinajstić information content (AvgIpc) is 2.38. The van der Waals surface area contributed by atoms with Gasteiger partial charge in [0.2, 0.25) is 0 Å². The van der Waals surface area contributed by atoms with Crippen molar-refractivity contribution < 1.29 is 9.53 Å². The summed E-state index contributed by atoms with van der Waals surface area (Å²) in [4.78, 5) is 12.3. The van der Waals surface area contributed by atoms with Crippen molar-refractivity contribution in [1.82, 2.24) is 5.32 Å². The van der Waals surface area contributed by atoms with E-state index in [2.05, 4.69) is 18.3 Å². The quantitative estimate of drug-likeness (QED) is 0.813. The standard InChI is InChI=1S/C15H21NO2/c1-3-16-11(2)10-14(17)13-8-4-6-12-7-5-9-18-15(12)13/h4,6,8,11,16H,3,5,7,9-10H2,1-2H3. The van der Waals surface area contributed by atoms with Crippen molar-refractivity contribution in [2.24, 2.45) is 0 Å². The van der Waals surface area contributed by atoms with Gasteiger partial charge in [-0.1, -0.05) is 19.1 Å². The van der Waals surface area contributed by atoms with Gasteiger partial charge in [0.25, 0.3) is 0 Å². The lowest BCUT2D eigenvalue weighted by Crippen LogP contribution is -2.28. The van der Waals surface area contributed by atoms with E-state index in [-0.39, 0.29) is 11.8 Å². The molecule has 1 aliphatic rings. The lowest BCUT2D eigenvalue weighted by molar-refractivity contribution is 0.0967. The second-order valence-electron chi connectivity index (χ2n) is 4.83. The van der Waals surface area contributed by atoms with Crippen LogP contribution in [0.25, 0.3) is 0 Å². The number of Topliss-reactive ketones (excluding diaryl/α,β-unsaturated/α-hetero) is 1. The number of carbonyl (C=O) groups is 1. The number of hydrogen-bond donors (Lipinski definition) is 1. The van der Waals surface area contributed by atoms with E-state index in [0.717, 1.165) is 37.3 Å². The fourth-order valence-electron chi connectivity index (χ4n) is 2.42. The molecule has 0 amide bonds. The summed E-state index contributed by atoms with van der Waals surface area (Å²) in [7, 11) is 0. The summed E-state index contributed by atoms with van der Waals surface area (Å²) in [6.07, 6.45) is 2.57. The van der Waals surface area contributed by atoms with Crippen LogP contribution in [0.15, 0.2) is 18.2 Å². The number of carbonyl (C=O) groups excluding carboxylic acids is 1. The van der Waals surface area contributed by atoms with E-state index in [0.29, 0.717) is 6.42 Å². The van der Waals surface area contributed by atoms with Crippen LogP contribution in [0.1, 0.15) is 42.6 Å². The van der Waals surface area contributed by atoms with Crippen molar-refractivity contribution in [2.45, 2.75) is 39.2 Å². The molecule has 0 fully saturated rings. The smallest absolute Gasteiger partial charge is 0.168 e. The molecule has 1 aliphatic heterocycles. The van der Waals surface area contributed by atoms with Gasteiger partial charge < -0.3 is 10.1 Å². The SMILES string of the molecule is CCNC(C)CC(=O)c1cccc2c1OCCC2. The molecule has 0 bridgehead atoms. The molecule has 0 spiro atoms. The van der Waals surface area contributed by atoms with Gasteiger partial charge in [0.1, 0.15) is 5.75 Å². The maximum atomic E-state index is 12.3. The third kappa shape index (κ3) is 2.91. The summed E-state index contributed by atoms with van der Waals surface area (Å²) >= 11 is 0. The molecule has 1 aromatic rings. The number of nitrogens with one attached hydrogen (secondary N) is 1. The molecule has 0 saturated heterocycles. The maximum Gasteiger partial charge on any atom is 0.168 e. The van der Waals surface area contributed by atoms with Crippen molar-refractivity contribution in [3.05, 3.63) is 29.3 Å². The molecule has 18 heavy (non-hydrogen) atoms. The summed E-state index contributed by atoms with van der Waals surface area (Å²) in [5.74, 6) is 0.986. The first-order chi connectivity index (χ1) is 8.72. The summed E-state index contributed by atoms with van der Waals surface area (Å²) in [6.45, 7) is 5.70. The zero-order valence-corrected chi connectivity index (χ0v) is 11.2. The summed E-state index contributed by atoms with van der Waals surface area (Å²) in [6, 6.07) is 6.10. The fraction of sp³-hybridized carbons (Fsp3) is 0.533.